The molecule has 0 bridgehead atoms. The lowest BCUT2D eigenvalue weighted by Crippen LogP contribution is -2.16. The molecule has 0 spiro atoms. The van der Waals surface area contributed by atoms with Gasteiger partial charge in [0, 0.05) is 17.0 Å². The average molecular weight is 358 g/mol. The summed E-state index contributed by atoms with van der Waals surface area (Å²) in [6, 6.07) is 28.2. The standard InChI is InChI=1S/C23H22N2O2/c1-17(16-27-23(24)26)20-13-8-14-21(15-20)25-22(18-9-4-2-5-10-18)19-11-6-3-7-12-19/h2-15,17H,16H2,1H3,(H2,24,26). The maximum Gasteiger partial charge on any atom is 0.404 e. The number of nitrogens with two attached hydrogens (primary N) is 1. The van der Waals surface area contributed by atoms with E-state index in [0.717, 1.165) is 28.1 Å². The minimum absolute atomic E-state index is 0.0320. The molecular formula is C23H22N2O2. The van der Waals surface area contributed by atoms with Gasteiger partial charge in [-0.15, -0.1) is 0 Å². The number of hydrogen-bond donors (Lipinski definition) is 1. The molecular weight excluding hydrogens is 336 g/mol. The SMILES string of the molecule is CC(COC(N)=O)c1cccc(N=C(c2ccccc2)c2ccccc2)c1. The topological polar surface area (TPSA) is 64.7 Å². The van der Waals surface area contributed by atoms with E-state index in [4.69, 9.17) is 15.5 Å². The van der Waals surface area contributed by atoms with E-state index in [1.165, 1.54) is 0 Å². The maximum absolute atomic E-state index is 10.8. The van der Waals surface area contributed by atoms with Gasteiger partial charge in [0.05, 0.1) is 18.0 Å². The first-order valence-corrected chi connectivity index (χ1v) is 8.85. The number of primary amides is 1. The lowest BCUT2D eigenvalue weighted by molar-refractivity contribution is 0.151. The summed E-state index contributed by atoms with van der Waals surface area (Å²) < 4.78 is 4.92. The van der Waals surface area contributed by atoms with Crippen molar-refractivity contribution in [1.82, 2.24) is 0 Å². The highest BCUT2D eigenvalue weighted by atomic mass is 16.5. The minimum atomic E-state index is -0.758. The fraction of sp³-hybridized carbons (Fsp3) is 0.130. The summed E-state index contributed by atoms with van der Waals surface area (Å²) in [6.07, 6.45) is -0.758. The number of aliphatic imine (C=N–C) groups is 1. The Morgan fingerprint density at radius 3 is 2.07 bits per heavy atom. The van der Waals surface area contributed by atoms with Gasteiger partial charge in [-0.3, -0.25) is 0 Å². The number of ether oxygens (including phenoxy) is 1. The van der Waals surface area contributed by atoms with Crippen LogP contribution in [0.15, 0.2) is 89.9 Å². The predicted octanol–water partition coefficient (Wildman–Crippen LogP) is 5.05. The van der Waals surface area contributed by atoms with Crippen LogP contribution in [0.5, 0.6) is 0 Å². The average Bonchev–Trinajstić information content (AvgIpc) is 2.71. The summed E-state index contributed by atoms with van der Waals surface area (Å²) in [5.74, 6) is 0.0320. The highest BCUT2D eigenvalue weighted by Gasteiger charge is 2.10. The molecule has 136 valence electrons. The summed E-state index contributed by atoms with van der Waals surface area (Å²) in [5, 5.41) is 0. The van der Waals surface area contributed by atoms with E-state index in [1.54, 1.807) is 0 Å². The number of carbonyl (C=O) groups excluding carboxylic acids is 1. The van der Waals surface area contributed by atoms with Gasteiger partial charge in [-0.25, -0.2) is 9.79 Å². The highest BCUT2D eigenvalue weighted by Crippen LogP contribution is 2.23. The van der Waals surface area contributed by atoms with Crippen molar-refractivity contribution in [3.05, 3.63) is 102 Å². The zero-order valence-corrected chi connectivity index (χ0v) is 15.2. The molecule has 3 aromatic carbocycles. The van der Waals surface area contributed by atoms with Crippen molar-refractivity contribution >= 4 is 17.5 Å². The van der Waals surface area contributed by atoms with Crippen molar-refractivity contribution in [2.24, 2.45) is 10.7 Å². The number of amides is 1. The molecule has 3 rings (SSSR count). The molecule has 1 atom stereocenters. The van der Waals surface area contributed by atoms with Crippen LogP contribution in [-0.2, 0) is 4.74 Å². The molecule has 4 heteroatoms. The molecule has 0 heterocycles. The molecule has 1 amide bonds. The third-order valence-electron chi connectivity index (χ3n) is 4.25. The first kappa shape index (κ1) is 18.4. The molecule has 0 aliphatic heterocycles. The van der Waals surface area contributed by atoms with Crippen LogP contribution in [0, 0.1) is 0 Å². The quantitative estimate of drug-likeness (QED) is 0.626. The lowest BCUT2D eigenvalue weighted by Gasteiger charge is -2.13. The number of nitrogens with zero attached hydrogens (tertiary/aromatic N) is 1. The van der Waals surface area contributed by atoms with Crippen molar-refractivity contribution in [1.29, 1.82) is 0 Å². The molecule has 3 aromatic rings. The third-order valence-corrected chi connectivity index (χ3v) is 4.25. The molecule has 4 nitrogen and oxygen atoms in total. The van der Waals surface area contributed by atoms with Crippen molar-refractivity contribution in [2.45, 2.75) is 12.8 Å². The minimum Gasteiger partial charge on any atom is -0.449 e. The summed E-state index contributed by atoms with van der Waals surface area (Å²) in [4.78, 5) is 15.8. The Labute approximate surface area is 159 Å². The fourth-order valence-electron chi connectivity index (χ4n) is 2.82. The molecule has 0 aliphatic rings. The van der Waals surface area contributed by atoms with Gasteiger partial charge in [0.2, 0.25) is 0 Å². The van der Waals surface area contributed by atoms with Gasteiger partial charge in [-0.05, 0) is 17.7 Å². The summed E-state index contributed by atoms with van der Waals surface area (Å²) in [5.41, 5.74) is 9.97. The van der Waals surface area contributed by atoms with Gasteiger partial charge >= 0.3 is 6.09 Å². The zero-order chi connectivity index (χ0) is 19.1. The van der Waals surface area contributed by atoms with E-state index in [0.29, 0.717) is 0 Å². The van der Waals surface area contributed by atoms with Gasteiger partial charge in [-0.1, -0.05) is 79.7 Å². The third kappa shape index (κ3) is 5.05. The molecule has 0 aromatic heterocycles. The van der Waals surface area contributed by atoms with Crippen LogP contribution in [0.25, 0.3) is 0 Å². The maximum atomic E-state index is 10.8. The second-order valence-corrected chi connectivity index (χ2v) is 6.32. The van der Waals surface area contributed by atoms with Crippen LogP contribution >= 0.6 is 0 Å². The van der Waals surface area contributed by atoms with Crippen molar-refractivity contribution in [2.75, 3.05) is 6.61 Å². The van der Waals surface area contributed by atoms with E-state index >= 15 is 0 Å². The normalized spacial score (nSPS) is 11.4. The van der Waals surface area contributed by atoms with Gasteiger partial charge in [-0.2, -0.15) is 0 Å². The first-order valence-electron chi connectivity index (χ1n) is 8.85. The van der Waals surface area contributed by atoms with Crippen LogP contribution in [-0.4, -0.2) is 18.4 Å². The van der Waals surface area contributed by atoms with E-state index < -0.39 is 6.09 Å². The summed E-state index contributed by atoms with van der Waals surface area (Å²) in [6.45, 7) is 2.23. The molecule has 27 heavy (non-hydrogen) atoms. The van der Waals surface area contributed by atoms with Crippen molar-refractivity contribution in [3.63, 3.8) is 0 Å². The van der Waals surface area contributed by atoms with Crippen LogP contribution in [0.3, 0.4) is 0 Å². The monoisotopic (exact) mass is 358 g/mol. The van der Waals surface area contributed by atoms with E-state index in [-0.39, 0.29) is 12.5 Å². The Bertz CT molecular complexity index is 880. The smallest absolute Gasteiger partial charge is 0.404 e. The molecule has 0 saturated carbocycles. The number of hydrogen-bond acceptors (Lipinski definition) is 3. The fourth-order valence-corrected chi connectivity index (χ4v) is 2.82. The number of carbonyl (C=O) groups is 1. The second kappa shape index (κ2) is 8.81. The van der Waals surface area contributed by atoms with Crippen molar-refractivity contribution in [3.8, 4) is 0 Å². The lowest BCUT2D eigenvalue weighted by atomic mass is 10.0. The summed E-state index contributed by atoms with van der Waals surface area (Å²) in [7, 11) is 0. The van der Waals surface area contributed by atoms with Crippen LogP contribution in [0.1, 0.15) is 29.5 Å². The number of rotatable bonds is 6. The Morgan fingerprint density at radius 1 is 0.926 bits per heavy atom. The van der Waals surface area contributed by atoms with Gasteiger partial charge in [0.1, 0.15) is 0 Å². The Balaban J connectivity index is 1.96. The molecule has 1 unspecified atom stereocenters. The van der Waals surface area contributed by atoms with E-state index in [1.807, 2.05) is 67.6 Å². The largest absolute Gasteiger partial charge is 0.449 e. The van der Waals surface area contributed by atoms with Gasteiger partial charge in [0.15, 0.2) is 0 Å². The van der Waals surface area contributed by atoms with Crippen LogP contribution in [0.2, 0.25) is 0 Å². The number of benzene rings is 3. The zero-order valence-electron chi connectivity index (χ0n) is 15.2. The second-order valence-electron chi connectivity index (χ2n) is 6.32. The Kier molecular flexibility index (Phi) is 6.00. The van der Waals surface area contributed by atoms with Crippen LogP contribution < -0.4 is 5.73 Å². The van der Waals surface area contributed by atoms with Crippen molar-refractivity contribution < 1.29 is 9.53 Å². The Morgan fingerprint density at radius 2 is 1.52 bits per heavy atom. The molecule has 2 N–H and O–H groups in total. The van der Waals surface area contributed by atoms with E-state index in [9.17, 15) is 4.79 Å². The van der Waals surface area contributed by atoms with Crippen LogP contribution in [0.4, 0.5) is 10.5 Å². The van der Waals surface area contributed by atoms with Gasteiger partial charge < -0.3 is 10.5 Å². The van der Waals surface area contributed by atoms with E-state index in [2.05, 4.69) is 24.3 Å². The molecule has 0 aliphatic carbocycles. The first-order chi connectivity index (χ1) is 13.1. The highest BCUT2D eigenvalue weighted by molar-refractivity contribution is 6.13. The van der Waals surface area contributed by atoms with Gasteiger partial charge in [0.25, 0.3) is 0 Å². The Hall–Kier alpha value is -3.40. The summed E-state index contributed by atoms with van der Waals surface area (Å²) >= 11 is 0. The predicted molar refractivity (Wildman–Crippen MR) is 109 cm³/mol. The molecule has 0 radical (unpaired) electrons. The molecule has 0 fully saturated rings. The molecule has 0 saturated heterocycles.